The van der Waals surface area contributed by atoms with E-state index in [2.05, 4.69) is 15.9 Å². The van der Waals surface area contributed by atoms with Gasteiger partial charge in [0.1, 0.15) is 5.82 Å². The standard InChI is InChI=1S/C12H14BrFO2/c1-3-16-12(15)6-9-5-11(14)10(7-13)4-8(9)2/h4-5H,3,6-7H2,1-2H3. The molecule has 0 aliphatic heterocycles. The molecule has 0 bridgehead atoms. The molecule has 1 rings (SSSR count). The van der Waals surface area contributed by atoms with Crippen LogP contribution in [0.5, 0.6) is 0 Å². The summed E-state index contributed by atoms with van der Waals surface area (Å²) in [6.07, 6.45) is 0.124. The van der Waals surface area contributed by atoms with Crippen LogP contribution in [0.1, 0.15) is 23.6 Å². The number of carbonyl (C=O) groups is 1. The lowest BCUT2D eigenvalue weighted by Crippen LogP contribution is -2.09. The summed E-state index contributed by atoms with van der Waals surface area (Å²) in [4.78, 5) is 11.3. The van der Waals surface area contributed by atoms with Crippen molar-refractivity contribution >= 4 is 21.9 Å². The van der Waals surface area contributed by atoms with Gasteiger partial charge in [0.15, 0.2) is 0 Å². The molecule has 1 aromatic carbocycles. The van der Waals surface area contributed by atoms with E-state index < -0.39 is 0 Å². The van der Waals surface area contributed by atoms with Gasteiger partial charge in [-0.3, -0.25) is 4.79 Å². The fraction of sp³-hybridized carbons (Fsp3) is 0.417. The van der Waals surface area contributed by atoms with Crippen LogP contribution in [0.2, 0.25) is 0 Å². The van der Waals surface area contributed by atoms with Crippen molar-refractivity contribution in [3.63, 3.8) is 0 Å². The van der Waals surface area contributed by atoms with Crippen LogP contribution >= 0.6 is 15.9 Å². The van der Waals surface area contributed by atoms with Gasteiger partial charge in [-0.05, 0) is 36.6 Å². The van der Waals surface area contributed by atoms with Crippen LogP contribution < -0.4 is 0 Å². The Hall–Kier alpha value is -0.900. The number of carbonyl (C=O) groups excluding carboxylic acids is 1. The first-order chi connectivity index (χ1) is 7.58. The molecule has 4 heteroatoms. The average molecular weight is 289 g/mol. The van der Waals surface area contributed by atoms with Gasteiger partial charge in [-0.2, -0.15) is 0 Å². The fourth-order valence-corrected chi connectivity index (χ4v) is 1.87. The highest BCUT2D eigenvalue weighted by Gasteiger charge is 2.10. The molecule has 88 valence electrons. The number of rotatable bonds is 4. The molecule has 0 fully saturated rings. The van der Waals surface area contributed by atoms with Gasteiger partial charge in [0, 0.05) is 5.33 Å². The Bertz CT molecular complexity index is 391. The highest BCUT2D eigenvalue weighted by atomic mass is 79.9. The van der Waals surface area contributed by atoms with E-state index in [0.717, 1.165) is 5.56 Å². The number of hydrogen-bond donors (Lipinski definition) is 0. The van der Waals surface area contributed by atoms with Crippen molar-refractivity contribution in [2.75, 3.05) is 6.61 Å². The fourth-order valence-electron chi connectivity index (χ4n) is 1.44. The first kappa shape index (κ1) is 13.2. The average Bonchev–Trinajstić information content (AvgIpc) is 2.23. The molecule has 0 heterocycles. The number of aryl methyl sites for hydroxylation is 1. The monoisotopic (exact) mass is 288 g/mol. The lowest BCUT2D eigenvalue weighted by molar-refractivity contribution is -0.142. The molecular formula is C12H14BrFO2. The molecule has 0 aromatic heterocycles. The quantitative estimate of drug-likeness (QED) is 0.629. The van der Waals surface area contributed by atoms with Gasteiger partial charge in [-0.25, -0.2) is 4.39 Å². The predicted octanol–water partition coefficient (Wildman–Crippen LogP) is 3.13. The normalized spacial score (nSPS) is 10.2. The molecule has 2 nitrogen and oxygen atoms in total. The number of benzene rings is 1. The van der Waals surface area contributed by atoms with E-state index in [9.17, 15) is 9.18 Å². The zero-order valence-corrected chi connectivity index (χ0v) is 10.9. The second-order valence-electron chi connectivity index (χ2n) is 3.49. The van der Waals surface area contributed by atoms with Crippen molar-refractivity contribution in [2.45, 2.75) is 25.6 Å². The van der Waals surface area contributed by atoms with Gasteiger partial charge in [-0.1, -0.05) is 22.0 Å². The Morgan fingerprint density at radius 3 is 2.69 bits per heavy atom. The minimum absolute atomic E-state index is 0.124. The highest BCUT2D eigenvalue weighted by Crippen LogP contribution is 2.18. The Morgan fingerprint density at radius 1 is 1.44 bits per heavy atom. The van der Waals surface area contributed by atoms with Crippen LogP contribution in [0.4, 0.5) is 4.39 Å². The zero-order valence-electron chi connectivity index (χ0n) is 9.35. The van der Waals surface area contributed by atoms with Crippen molar-refractivity contribution in [2.24, 2.45) is 0 Å². The maximum absolute atomic E-state index is 13.5. The largest absolute Gasteiger partial charge is 0.466 e. The molecule has 0 atom stereocenters. The van der Waals surface area contributed by atoms with Gasteiger partial charge >= 0.3 is 5.97 Å². The Kier molecular flexibility index (Phi) is 4.93. The first-order valence-electron chi connectivity index (χ1n) is 5.08. The number of ether oxygens (including phenoxy) is 1. The topological polar surface area (TPSA) is 26.3 Å². The number of alkyl halides is 1. The summed E-state index contributed by atoms with van der Waals surface area (Å²) in [5.41, 5.74) is 2.19. The van der Waals surface area contributed by atoms with Crippen LogP contribution in [0.3, 0.4) is 0 Å². The van der Waals surface area contributed by atoms with Crippen LogP contribution in [-0.4, -0.2) is 12.6 Å². The van der Waals surface area contributed by atoms with E-state index in [-0.39, 0.29) is 18.2 Å². The molecule has 16 heavy (non-hydrogen) atoms. The van der Waals surface area contributed by atoms with Gasteiger partial charge in [0.25, 0.3) is 0 Å². The number of esters is 1. The summed E-state index contributed by atoms with van der Waals surface area (Å²) in [6, 6.07) is 3.15. The summed E-state index contributed by atoms with van der Waals surface area (Å²) in [5, 5.41) is 0.472. The lowest BCUT2D eigenvalue weighted by Gasteiger charge is -2.08. The SMILES string of the molecule is CCOC(=O)Cc1cc(F)c(CBr)cc1C. The number of halogens is 2. The summed E-state index contributed by atoms with van der Waals surface area (Å²) in [7, 11) is 0. The molecule has 0 N–H and O–H groups in total. The van der Waals surface area contributed by atoms with Gasteiger partial charge in [0.2, 0.25) is 0 Å². The van der Waals surface area contributed by atoms with E-state index in [1.807, 2.05) is 6.92 Å². The van der Waals surface area contributed by atoms with Crippen LogP contribution in [-0.2, 0) is 21.3 Å². The second-order valence-corrected chi connectivity index (χ2v) is 4.05. The summed E-state index contributed by atoms with van der Waals surface area (Å²) < 4.78 is 18.3. The van der Waals surface area contributed by atoms with Crippen LogP contribution in [0.15, 0.2) is 12.1 Å². The lowest BCUT2D eigenvalue weighted by atomic mass is 10.0. The second kappa shape index (κ2) is 5.99. The van der Waals surface area contributed by atoms with E-state index in [1.165, 1.54) is 6.07 Å². The number of hydrogen-bond acceptors (Lipinski definition) is 2. The predicted molar refractivity (Wildman–Crippen MR) is 64.1 cm³/mol. The molecule has 0 saturated carbocycles. The van der Waals surface area contributed by atoms with Gasteiger partial charge in [0.05, 0.1) is 13.0 Å². The van der Waals surface area contributed by atoms with Crippen molar-refractivity contribution in [1.29, 1.82) is 0 Å². The molecule has 0 aliphatic rings. The van der Waals surface area contributed by atoms with Gasteiger partial charge in [-0.15, -0.1) is 0 Å². The molecule has 0 unspecified atom stereocenters. The van der Waals surface area contributed by atoms with Gasteiger partial charge < -0.3 is 4.74 Å². The van der Waals surface area contributed by atoms with E-state index in [1.54, 1.807) is 13.0 Å². The third-order valence-corrected chi connectivity index (χ3v) is 2.89. The molecule has 1 aromatic rings. The smallest absolute Gasteiger partial charge is 0.310 e. The summed E-state index contributed by atoms with van der Waals surface area (Å²) in [6.45, 7) is 3.96. The van der Waals surface area contributed by atoms with Crippen LogP contribution in [0, 0.1) is 12.7 Å². The Balaban J connectivity index is 2.89. The van der Waals surface area contributed by atoms with Crippen molar-refractivity contribution in [3.05, 3.63) is 34.6 Å². The molecule has 0 aliphatic carbocycles. The third-order valence-electron chi connectivity index (χ3n) is 2.29. The summed E-state index contributed by atoms with van der Waals surface area (Å²) >= 11 is 3.21. The Labute approximate surface area is 103 Å². The maximum atomic E-state index is 13.5. The first-order valence-corrected chi connectivity index (χ1v) is 6.20. The molecule has 0 saturated heterocycles. The third kappa shape index (κ3) is 3.30. The van der Waals surface area contributed by atoms with Crippen LogP contribution in [0.25, 0.3) is 0 Å². The molecule has 0 radical (unpaired) electrons. The molecule has 0 amide bonds. The van der Waals surface area contributed by atoms with Crippen molar-refractivity contribution in [1.82, 2.24) is 0 Å². The van der Waals surface area contributed by atoms with E-state index in [4.69, 9.17) is 4.74 Å². The van der Waals surface area contributed by atoms with E-state index >= 15 is 0 Å². The Morgan fingerprint density at radius 2 is 2.12 bits per heavy atom. The minimum Gasteiger partial charge on any atom is -0.466 e. The molecule has 0 spiro atoms. The highest BCUT2D eigenvalue weighted by molar-refractivity contribution is 9.08. The zero-order chi connectivity index (χ0) is 12.1. The van der Waals surface area contributed by atoms with Crippen molar-refractivity contribution < 1.29 is 13.9 Å². The maximum Gasteiger partial charge on any atom is 0.310 e. The van der Waals surface area contributed by atoms with E-state index in [0.29, 0.717) is 23.1 Å². The van der Waals surface area contributed by atoms with Crippen molar-refractivity contribution in [3.8, 4) is 0 Å². The molecular weight excluding hydrogens is 275 g/mol. The summed E-state index contributed by atoms with van der Waals surface area (Å²) in [5.74, 6) is -0.613. The minimum atomic E-state index is -0.323.